The van der Waals surface area contributed by atoms with Gasteiger partial charge in [0, 0.05) is 5.30 Å². The van der Waals surface area contributed by atoms with Gasteiger partial charge in [-0.3, -0.25) is 4.57 Å². The average Bonchev–Trinajstić information content (AvgIpc) is 2.39. The largest absolute Gasteiger partial charge is 0.496 e. The van der Waals surface area contributed by atoms with Crippen molar-refractivity contribution in [2.75, 3.05) is 7.11 Å². The van der Waals surface area contributed by atoms with Gasteiger partial charge in [0.1, 0.15) is 5.75 Å². The van der Waals surface area contributed by atoms with Crippen LogP contribution in [0.15, 0.2) is 48.5 Å². The van der Waals surface area contributed by atoms with E-state index in [1.54, 1.807) is 36.4 Å². The number of benzene rings is 2. The van der Waals surface area contributed by atoms with E-state index in [1.807, 2.05) is 19.1 Å². The molecule has 3 nitrogen and oxygen atoms in total. The second-order valence-corrected chi connectivity index (χ2v) is 6.15. The van der Waals surface area contributed by atoms with Crippen LogP contribution < -0.4 is 15.3 Å². The van der Waals surface area contributed by atoms with Gasteiger partial charge < -0.3 is 9.63 Å². The van der Waals surface area contributed by atoms with Gasteiger partial charge in [-0.1, -0.05) is 30.3 Å². The monoisotopic (exact) mass is 262 g/mol. The van der Waals surface area contributed by atoms with Gasteiger partial charge in [-0.2, -0.15) is 0 Å². The van der Waals surface area contributed by atoms with E-state index >= 15 is 0 Å². The highest BCUT2D eigenvalue weighted by atomic mass is 31.2. The van der Waals surface area contributed by atoms with Crippen LogP contribution in [-0.2, 0) is 4.57 Å². The number of hydrogen-bond acceptors (Lipinski definition) is 2. The lowest BCUT2D eigenvalue weighted by Crippen LogP contribution is -2.19. The molecule has 0 aromatic heterocycles. The molecule has 2 aromatic carbocycles. The van der Waals surface area contributed by atoms with Crippen LogP contribution in [0.25, 0.3) is 0 Å². The zero-order chi connectivity index (χ0) is 13.2. The van der Waals surface area contributed by atoms with Crippen molar-refractivity contribution in [3.05, 3.63) is 54.1 Å². The lowest BCUT2D eigenvalue weighted by atomic mass is 10.2. The molecule has 0 fully saturated rings. The molecule has 0 aliphatic carbocycles. The predicted octanol–water partition coefficient (Wildman–Crippen LogP) is 2.22. The fourth-order valence-electron chi connectivity index (χ4n) is 1.91. The third-order valence-corrected chi connectivity index (χ3v) is 5.03. The van der Waals surface area contributed by atoms with Crippen molar-refractivity contribution in [2.45, 2.75) is 6.92 Å². The molecule has 0 saturated heterocycles. The molecule has 1 unspecified atom stereocenters. The Morgan fingerprint density at radius 1 is 1.00 bits per heavy atom. The van der Waals surface area contributed by atoms with Crippen LogP contribution in [0.2, 0.25) is 0 Å². The summed E-state index contributed by atoms with van der Waals surface area (Å²) in [6.07, 6.45) is 0. The van der Waals surface area contributed by atoms with Crippen LogP contribution in [0.3, 0.4) is 0 Å². The smallest absolute Gasteiger partial charge is 0.262 e. The van der Waals surface area contributed by atoms with Crippen molar-refractivity contribution in [2.24, 2.45) is 0 Å². The first-order chi connectivity index (χ1) is 8.57. The molecule has 2 rings (SSSR count). The van der Waals surface area contributed by atoms with E-state index in [2.05, 4.69) is 0 Å². The Morgan fingerprint density at radius 2 is 1.56 bits per heavy atom. The molecule has 0 saturated carbocycles. The fraction of sp³-hybridized carbons (Fsp3) is 0.143. The van der Waals surface area contributed by atoms with Gasteiger partial charge in [-0.25, -0.2) is 0 Å². The summed E-state index contributed by atoms with van der Waals surface area (Å²) in [6, 6.07) is 14.0. The van der Waals surface area contributed by atoms with Crippen LogP contribution in [0.5, 0.6) is 5.75 Å². The quantitative estimate of drug-likeness (QED) is 0.863. The van der Waals surface area contributed by atoms with E-state index in [0.29, 0.717) is 16.4 Å². The zero-order valence-corrected chi connectivity index (χ0v) is 11.2. The Bertz CT molecular complexity index is 607. The summed E-state index contributed by atoms with van der Waals surface area (Å²) in [5, 5.41) is 0.788. The maximum atomic E-state index is 12.7. The maximum Gasteiger partial charge on any atom is 0.262 e. The van der Waals surface area contributed by atoms with Crippen LogP contribution >= 0.6 is 7.37 Å². The number of ether oxygens (including phenoxy) is 1. The Kier molecular flexibility index (Phi) is 3.55. The zero-order valence-electron chi connectivity index (χ0n) is 10.3. The van der Waals surface area contributed by atoms with E-state index in [-0.39, 0.29) is 0 Å². The molecule has 0 heterocycles. The van der Waals surface area contributed by atoms with Crippen molar-refractivity contribution < 1.29 is 14.2 Å². The highest BCUT2D eigenvalue weighted by Gasteiger charge is 2.28. The van der Waals surface area contributed by atoms with Crippen molar-refractivity contribution >= 4 is 18.0 Å². The van der Waals surface area contributed by atoms with Gasteiger partial charge in [0.25, 0.3) is 7.37 Å². The minimum atomic E-state index is -3.61. The molecule has 2 aromatic rings. The molecule has 0 aliphatic rings. The van der Waals surface area contributed by atoms with Gasteiger partial charge in [-0.05, 0) is 30.7 Å². The molecule has 0 aliphatic heterocycles. The molecule has 1 N–H and O–H groups in total. The van der Waals surface area contributed by atoms with Gasteiger partial charge in [0.2, 0.25) is 0 Å². The maximum absolute atomic E-state index is 12.7. The highest BCUT2D eigenvalue weighted by Crippen LogP contribution is 2.42. The SMILES string of the molecule is COc1ccccc1P(=O)(O)c1ccccc1C. The molecule has 0 bridgehead atoms. The Balaban J connectivity index is 2.62. The summed E-state index contributed by atoms with van der Waals surface area (Å²) in [6.45, 7) is 1.83. The average molecular weight is 262 g/mol. The number of methoxy groups -OCH3 is 1. The van der Waals surface area contributed by atoms with Crippen molar-refractivity contribution in [1.82, 2.24) is 0 Å². The molecule has 4 heteroatoms. The highest BCUT2D eigenvalue weighted by molar-refractivity contribution is 7.73. The third-order valence-electron chi connectivity index (χ3n) is 2.85. The van der Waals surface area contributed by atoms with Gasteiger partial charge in [0.05, 0.1) is 12.4 Å². The van der Waals surface area contributed by atoms with Crippen LogP contribution in [0.4, 0.5) is 0 Å². The van der Waals surface area contributed by atoms with Crippen molar-refractivity contribution in [1.29, 1.82) is 0 Å². The minimum absolute atomic E-state index is 0.335. The molecule has 0 amide bonds. The number of aryl methyl sites for hydroxylation is 1. The van der Waals surface area contributed by atoms with Crippen molar-refractivity contribution in [3.63, 3.8) is 0 Å². The second-order valence-electron chi connectivity index (χ2n) is 4.03. The van der Waals surface area contributed by atoms with E-state index in [4.69, 9.17) is 4.74 Å². The molecule has 1 atom stereocenters. The topological polar surface area (TPSA) is 46.5 Å². The first-order valence-corrected chi connectivity index (χ1v) is 7.26. The number of rotatable bonds is 3. The fourth-order valence-corrected chi connectivity index (χ4v) is 3.77. The summed E-state index contributed by atoms with van der Waals surface area (Å²) in [5.74, 6) is 0.437. The Hall–Kier alpha value is -1.57. The van der Waals surface area contributed by atoms with E-state index in [0.717, 1.165) is 5.56 Å². The molecule has 18 heavy (non-hydrogen) atoms. The number of para-hydroxylation sites is 1. The van der Waals surface area contributed by atoms with Crippen LogP contribution in [0.1, 0.15) is 5.56 Å². The minimum Gasteiger partial charge on any atom is -0.496 e. The Morgan fingerprint density at radius 3 is 2.17 bits per heavy atom. The van der Waals surface area contributed by atoms with Gasteiger partial charge >= 0.3 is 0 Å². The first kappa shape index (κ1) is 12.9. The molecule has 94 valence electrons. The first-order valence-electron chi connectivity index (χ1n) is 5.60. The molecule has 0 spiro atoms. The lowest BCUT2D eigenvalue weighted by molar-refractivity contribution is 0.416. The van der Waals surface area contributed by atoms with Crippen LogP contribution in [0, 0.1) is 6.92 Å². The van der Waals surface area contributed by atoms with Crippen molar-refractivity contribution in [3.8, 4) is 5.75 Å². The second kappa shape index (κ2) is 4.97. The van der Waals surface area contributed by atoms with E-state index in [9.17, 15) is 9.46 Å². The van der Waals surface area contributed by atoms with Gasteiger partial charge in [0.15, 0.2) is 0 Å². The normalized spacial score (nSPS) is 13.9. The molecule has 0 radical (unpaired) electrons. The summed E-state index contributed by atoms with van der Waals surface area (Å²) >= 11 is 0. The van der Waals surface area contributed by atoms with Crippen LogP contribution in [-0.4, -0.2) is 12.0 Å². The summed E-state index contributed by atoms with van der Waals surface area (Å²) in [4.78, 5) is 10.4. The van der Waals surface area contributed by atoms with E-state index < -0.39 is 7.37 Å². The molecular formula is C14H15O3P. The summed E-state index contributed by atoms with van der Waals surface area (Å²) in [7, 11) is -2.12. The van der Waals surface area contributed by atoms with Gasteiger partial charge in [-0.15, -0.1) is 0 Å². The summed E-state index contributed by atoms with van der Waals surface area (Å²) in [5.41, 5.74) is 0.800. The number of hydrogen-bond donors (Lipinski definition) is 1. The Labute approximate surface area is 107 Å². The summed E-state index contributed by atoms with van der Waals surface area (Å²) < 4.78 is 17.9. The lowest BCUT2D eigenvalue weighted by Gasteiger charge is -2.17. The standard InChI is InChI=1S/C14H15O3P/c1-11-7-3-5-9-13(11)18(15,16)14-10-6-4-8-12(14)17-2/h3-10H,1-2H3,(H,15,16). The third kappa shape index (κ3) is 2.20. The van der Waals surface area contributed by atoms with E-state index in [1.165, 1.54) is 7.11 Å². The molecular weight excluding hydrogens is 247 g/mol. The predicted molar refractivity (Wildman–Crippen MR) is 73.3 cm³/mol.